The van der Waals surface area contributed by atoms with E-state index >= 15 is 0 Å². The molecular formula is C17H25BrN4O. The average Bonchev–Trinajstić information content (AvgIpc) is 2.92. The van der Waals surface area contributed by atoms with Gasteiger partial charge >= 0.3 is 0 Å². The van der Waals surface area contributed by atoms with Gasteiger partial charge in [0.2, 0.25) is 0 Å². The van der Waals surface area contributed by atoms with E-state index in [2.05, 4.69) is 63.8 Å². The molecule has 126 valence electrons. The lowest BCUT2D eigenvalue weighted by Gasteiger charge is -2.42. The van der Waals surface area contributed by atoms with Gasteiger partial charge in [-0.25, -0.2) is 4.98 Å². The zero-order valence-electron chi connectivity index (χ0n) is 14.2. The highest BCUT2D eigenvalue weighted by atomic mass is 79.9. The summed E-state index contributed by atoms with van der Waals surface area (Å²) in [5.41, 5.74) is 0.0188. The van der Waals surface area contributed by atoms with Crippen LogP contribution in [0.15, 0.2) is 41.4 Å². The first-order valence-electron chi connectivity index (χ1n) is 7.67. The first kappa shape index (κ1) is 18.1. The van der Waals surface area contributed by atoms with Crippen LogP contribution in [0.1, 0.15) is 26.3 Å². The third kappa shape index (κ3) is 4.86. The molecule has 23 heavy (non-hydrogen) atoms. The highest BCUT2D eigenvalue weighted by Crippen LogP contribution is 2.32. The number of aliphatic hydroxyl groups is 1. The predicted octanol–water partition coefficient (Wildman–Crippen LogP) is 2.95. The Balaban J connectivity index is 2.09. The van der Waals surface area contributed by atoms with E-state index in [0.717, 1.165) is 11.0 Å². The lowest BCUT2D eigenvalue weighted by atomic mass is 9.76. The largest absolute Gasteiger partial charge is 0.386 e. The van der Waals surface area contributed by atoms with Gasteiger partial charge in [0.15, 0.2) is 0 Å². The molecule has 0 spiro atoms. The lowest BCUT2D eigenvalue weighted by molar-refractivity contribution is -0.0918. The first-order valence-corrected chi connectivity index (χ1v) is 8.47. The van der Waals surface area contributed by atoms with E-state index in [1.807, 2.05) is 19.2 Å². The fourth-order valence-corrected chi connectivity index (χ4v) is 2.77. The maximum atomic E-state index is 11.3. The van der Waals surface area contributed by atoms with Crippen LogP contribution < -0.4 is 0 Å². The van der Waals surface area contributed by atoms with Crippen LogP contribution in [-0.2, 0) is 13.1 Å². The van der Waals surface area contributed by atoms with E-state index in [1.54, 1.807) is 11.0 Å². The van der Waals surface area contributed by atoms with Gasteiger partial charge < -0.3 is 5.11 Å². The second kappa shape index (κ2) is 7.11. The summed E-state index contributed by atoms with van der Waals surface area (Å²) in [5, 5.41) is 15.4. The SMILES string of the molecule is CN(Cc1ccc(Br)cc1)CC(O)(Cn1cncn1)C(C)(C)C. The van der Waals surface area contributed by atoms with Crippen LogP contribution in [-0.4, -0.2) is 44.0 Å². The molecule has 0 fully saturated rings. The van der Waals surface area contributed by atoms with Gasteiger partial charge in [-0.15, -0.1) is 0 Å². The molecule has 5 nitrogen and oxygen atoms in total. The number of likely N-dealkylation sites (N-methyl/N-ethyl adjacent to an activating group) is 1. The Labute approximate surface area is 146 Å². The predicted molar refractivity (Wildman–Crippen MR) is 94.9 cm³/mol. The molecule has 1 heterocycles. The Morgan fingerprint density at radius 2 is 1.87 bits per heavy atom. The van der Waals surface area contributed by atoms with E-state index in [0.29, 0.717) is 13.1 Å². The molecule has 1 unspecified atom stereocenters. The van der Waals surface area contributed by atoms with Crippen LogP contribution in [0.4, 0.5) is 0 Å². The van der Waals surface area contributed by atoms with Gasteiger partial charge in [-0.1, -0.05) is 48.8 Å². The Kier molecular flexibility index (Phi) is 5.60. The fourth-order valence-electron chi connectivity index (χ4n) is 2.51. The minimum atomic E-state index is -0.912. The molecule has 0 aliphatic carbocycles. The molecule has 0 saturated carbocycles. The molecule has 0 radical (unpaired) electrons. The van der Waals surface area contributed by atoms with Crippen LogP contribution in [0.25, 0.3) is 0 Å². The van der Waals surface area contributed by atoms with Crippen molar-refractivity contribution in [2.45, 2.75) is 39.5 Å². The molecule has 0 amide bonds. The van der Waals surface area contributed by atoms with Gasteiger partial charge in [0.25, 0.3) is 0 Å². The monoisotopic (exact) mass is 380 g/mol. The van der Waals surface area contributed by atoms with Crippen molar-refractivity contribution >= 4 is 15.9 Å². The van der Waals surface area contributed by atoms with Gasteiger partial charge in [0.05, 0.1) is 6.54 Å². The van der Waals surface area contributed by atoms with Crippen LogP contribution in [0.5, 0.6) is 0 Å². The Morgan fingerprint density at radius 1 is 1.22 bits per heavy atom. The number of hydrogen-bond acceptors (Lipinski definition) is 4. The summed E-state index contributed by atoms with van der Waals surface area (Å²) in [4.78, 5) is 6.11. The summed E-state index contributed by atoms with van der Waals surface area (Å²) in [6.45, 7) is 7.91. The normalized spacial score (nSPS) is 14.9. The Bertz CT molecular complexity index is 607. The summed E-state index contributed by atoms with van der Waals surface area (Å²) in [7, 11) is 2.03. The zero-order chi connectivity index (χ0) is 17.1. The third-order valence-electron chi connectivity index (χ3n) is 4.18. The Hall–Kier alpha value is -1.24. The molecule has 0 bridgehead atoms. The molecule has 6 heteroatoms. The standard InChI is InChI=1S/C17H25BrN4O/c1-16(2,3)17(23,11-22-13-19-12-20-22)10-21(4)9-14-5-7-15(18)8-6-14/h5-8,12-13,23H,9-11H2,1-4H3. The maximum Gasteiger partial charge on any atom is 0.137 e. The van der Waals surface area contributed by atoms with Crippen molar-refractivity contribution < 1.29 is 5.11 Å². The van der Waals surface area contributed by atoms with Crippen LogP contribution in [0, 0.1) is 5.41 Å². The molecule has 2 rings (SSSR count). The summed E-state index contributed by atoms with van der Waals surface area (Å²) >= 11 is 3.45. The summed E-state index contributed by atoms with van der Waals surface area (Å²) in [6.07, 6.45) is 3.14. The van der Waals surface area contributed by atoms with Crippen LogP contribution in [0.2, 0.25) is 0 Å². The number of nitrogens with zero attached hydrogens (tertiary/aromatic N) is 4. The highest BCUT2D eigenvalue weighted by Gasteiger charge is 2.41. The van der Waals surface area contributed by atoms with Crippen molar-refractivity contribution in [2.75, 3.05) is 13.6 Å². The molecule has 1 atom stereocenters. The van der Waals surface area contributed by atoms with Crippen molar-refractivity contribution in [3.8, 4) is 0 Å². The second-order valence-electron chi connectivity index (χ2n) is 7.17. The number of halogens is 1. The fraction of sp³-hybridized carbons (Fsp3) is 0.529. The van der Waals surface area contributed by atoms with E-state index in [9.17, 15) is 5.11 Å². The molecule has 1 aromatic heterocycles. The number of hydrogen-bond donors (Lipinski definition) is 1. The minimum absolute atomic E-state index is 0.285. The van der Waals surface area contributed by atoms with Gasteiger partial charge in [0.1, 0.15) is 18.3 Å². The van der Waals surface area contributed by atoms with Crippen LogP contribution in [0.3, 0.4) is 0 Å². The molecule has 1 N–H and O–H groups in total. The lowest BCUT2D eigenvalue weighted by Crippen LogP contribution is -2.53. The summed E-state index contributed by atoms with van der Waals surface area (Å²) in [6, 6.07) is 8.26. The van der Waals surface area contributed by atoms with Gasteiger partial charge in [-0.3, -0.25) is 9.58 Å². The molecular weight excluding hydrogens is 356 g/mol. The van der Waals surface area contributed by atoms with E-state index in [1.165, 1.54) is 11.9 Å². The minimum Gasteiger partial charge on any atom is -0.386 e. The Morgan fingerprint density at radius 3 is 2.39 bits per heavy atom. The van der Waals surface area contributed by atoms with Gasteiger partial charge in [-0.05, 0) is 30.2 Å². The first-order chi connectivity index (χ1) is 10.7. The second-order valence-corrected chi connectivity index (χ2v) is 8.09. The number of benzene rings is 1. The van der Waals surface area contributed by atoms with E-state index in [4.69, 9.17) is 0 Å². The van der Waals surface area contributed by atoms with Gasteiger partial charge in [0, 0.05) is 17.6 Å². The number of aromatic nitrogens is 3. The smallest absolute Gasteiger partial charge is 0.137 e. The molecule has 1 aromatic carbocycles. The van der Waals surface area contributed by atoms with Gasteiger partial charge in [-0.2, -0.15) is 5.10 Å². The zero-order valence-corrected chi connectivity index (χ0v) is 15.8. The summed E-state index contributed by atoms with van der Waals surface area (Å²) < 4.78 is 2.76. The highest BCUT2D eigenvalue weighted by molar-refractivity contribution is 9.10. The van der Waals surface area contributed by atoms with Crippen molar-refractivity contribution in [3.05, 3.63) is 47.0 Å². The molecule has 0 aliphatic rings. The molecule has 0 aliphatic heterocycles. The average molecular weight is 381 g/mol. The third-order valence-corrected chi connectivity index (χ3v) is 4.71. The maximum absolute atomic E-state index is 11.3. The quantitative estimate of drug-likeness (QED) is 0.836. The van der Waals surface area contributed by atoms with E-state index in [-0.39, 0.29) is 5.41 Å². The van der Waals surface area contributed by atoms with E-state index < -0.39 is 5.60 Å². The van der Waals surface area contributed by atoms with Crippen molar-refractivity contribution in [2.24, 2.45) is 5.41 Å². The van der Waals surface area contributed by atoms with Crippen molar-refractivity contribution in [1.29, 1.82) is 0 Å². The summed E-state index contributed by atoms with van der Waals surface area (Å²) in [5.74, 6) is 0. The molecule has 0 saturated heterocycles. The topological polar surface area (TPSA) is 54.2 Å². The molecule has 2 aromatic rings. The van der Waals surface area contributed by atoms with Crippen molar-refractivity contribution in [3.63, 3.8) is 0 Å². The van der Waals surface area contributed by atoms with Crippen LogP contribution >= 0.6 is 15.9 Å². The van der Waals surface area contributed by atoms with Crippen molar-refractivity contribution in [1.82, 2.24) is 19.7 Å². The number of rotatable bonds is 6.